The SMILES string of the molecule is CN=C(NCC(C)N(C)c1ccccc1)NC1CCCC1. The summed E-state index contributed by atoms with van der Waals surface area (Å²) in [6.45, 7) is 3.10. The lowest BCUT2D eigenvalue weighted by molar-refractivity contribution is 0.597. The average Bonchev–Trinajstić information content (AvgIpc) is 3.04. The summed E-state index contributed by atoms with van der Waals surface area (Å²) >= 11 is 0. The lowest BCUT2D eigenvalue weighted by Gasteiger charge is -2.28. The number of likely N-dealkylation sites (N-methyl/N-ethyl adjacent to an activating group) is 1. The van der Waals surface area contributed by atoms with E-state index in [2.05, 4.69) is 58.8 Å². The first-order chi connectivity index (χ1) is 10.2. The highest BCUT2D eigenvalue weighted by Gasteiger charge is 2.16. The maximum atomic E-state index is 4.33. The smallest absolute Gasteiger partial charge is 0.191 e. The molecule has 1 fully saturated rings. The van der Waals surface area contributed by atoms with Gasteiger partial charge in [-0.25, -0.2) is 0 Å². The Hall–Kier alpha value is -1.71. The van der Waals surface area contributed by atoms with E-state index in [-0.39, 0.29) is 0 Å². The zero-order valence-corrected chi connectivity index (χ0v) is 13.5. The normalized spacial score (nSPS) is 17.6. The molecular formula is C17H28N4. The van der Waals surface area contributed by atoms with E-state index in [0.29, 0.717) is 12.1 Å². The topological polar surface area (TPSA) is 39.7 Å². The van der Waals surface area contributed by atoms with Crippen LogP contribution < -0.4 is 15.5 Å². The molecule has 0 aromatic heterocycles. The summed E-state index contributed by atoms with van der Waals surface area (Å²) < 4.78 is 0. The Morgan fingerprint density at radius 3 is 2.57 bits per heavy atom. The van der Waals surface area contributed by atoms with Crippen LogP contribution in [-0.2, 0) is 0 Å². The molecule has 1 aromatic rings. The summed E-state index contributed by atoms with van der Waals surface area (Å²) in [6, 6.07) is 11.5. The first-order valence-corrected chi connectivity index (χ1v) is 7.95. The summed E-state index contributed by atoms with van der Waals surface area (Å²) in [4.78, 5) is 6.62. The van der Waals surface area contributed by atoms with Crippen LogP contribution >= 0.6 is 0 Å². The van der Waals surface area contributed by atoms with E-state index in [1.807, 2.05) is 13.1 Å². The van der Waals surface area contributed by atoms with Gasteiger partial charge in [0.1, 0.15) is 0 Å². The molecule has 0 amide bonds. The third-order valence-corrected chi connectivity index (χ3v) is 4.31. The third-order valence-electron chi connectivity index (χ3n) is 4.31. The van der Waals surface area contributed by atoms with Crippen LogP contribution in [0, 0.1) is 0 Å². The molecular weight excluding hydrogens is 260 g/mol. The molecule has 1 atom stereocenters. The molecule has 2 N–H and O–H groups in total. The standard InChI is InChI=1S/C17H28N4/c1-14(21(3)16-11-5-4-6-12-16)13-19-17(18-2)20-15-9-7-8-10-15/h4-6,11-12,14-15H,7-10,13H2,1-3H3,(H2,18,19,20). The largest absolute Gasteiger partial charge is 0.370 e. The van der Waals surface area contributed by atoms with Gasteiger partial charge in [-0.15, -0.1) is 0 Å². The van der Waals surface area contributed by atoms with Crippen molar-refractivity contribution in [3.8, 4) is 0 Å². The number of nitrogens with one attached hydrogen (secondary N) is 2. The Bertz CT molecular complexity index is 437. The number of guanidine groups is 1. The van der Waals surface area contributed by atoms with Gasteiger partial charge in [-0.3, -0.25) is 4.99 Å². The first kappa shape index (κ1) is 15.7. The summed E-state index contributed by atoms with van der Waals surface area (Å²) in [5, 5.41) is 6.96. The molecule has 0 aliphatic heterocycles. The molecule has 0 spiro atoms. The number of benzene rings is 1. The van der Waals surface area contributed by atoms with Crippen LogP contribution in [-0.4, -0.2) is 38.7 Å². The van der Waals surface area contributed by atoms with Gasteiger partial charge < -0.3 is 15.5 Å². The molecule has 1 aromatic carbocycles. The number of aliphatic imine (C=N–C) groups is 1. The molecule has 1 aliphatic carbocycles. The molecule has 4 nitrogen and oxygen atoms in total. The fourth-order valence-electron chi connectivity index (χ4n) is 2.76. The molecule has 1 aliphatic rings. The Morgan fingerprint density at radius 2 is 1.95 bits per heavy atom. The molecule has 0 heterocycles. The van der Waals surface area contributed by atoms with E-state index in [9.17, 15) is 0 Å². The Labute approximate surface area is 128 Å². The predicted molar refractivity (Wildman–Crippen MR) is 91.1 cm³/mol. The van der Waals surface area contributed by atoms with Crippen LogP contribution in [0.4, 0.5) is 5.69 Å². The molecule has 116 valence electrons. The monoisotopic (exact) mass is 288 g/mol. The minimum atomic E-state index is 0.398. The van der Waals surface area contributed by atoms with Crippen molar-refractivity contribution in [1.29, 1.82) is 0 Å². The number of para-hydroxylation sites is 1. The van der Waals surface area contributed by atoms with Crippen LogP contribution in [0.5, 0.6) is 0 Å². The molecule has 21 heavy (non-hydrogen) atoms. The van der Waals surface area contributed by atoms with Crippen LogP contribution in [0.2, 0.25) is 0 Å². The van der Waals surface area contributed by atoms with Gasteiger partial charge in [0.2, 0.25) is 0 Å². The summed E-state index contributed by atoms with van der Waals surface area (Å²) in [6.07, 6.45) is 5.20. The maximum Gasteiger partial charge on any atom is 0.191 e. The van der Waals surface area contributed by atoms with Crippen LogP contribution in [0.3, 0.4) is 0 Å². The summed E-state index contributed by atoms with van der Waals surface area (Å²) in [5.74, 6) is 0.926. The van der Waals surface area contributed by atoms with Gasteiger partial charge >= 0.3 is 0 Å². The van der Waals surface area contributed by atoms with Crippen LogP contribution in [0.1, 0.15) is 32.6 Å². The number of hydrogen-bond acceptors (Lipinski definition) is 2. The second kappa shape index (κ2) is 7.91. The van der Waals surface area contributed by atoms with Gasteiger partial charge in [-0.2, -0.15) is 0 Å². The highest BCUT2D eigenvalue weighted by molar-refractivity contribution is 5.80. The molecule has 4 heteroatoms. The molecule has 1 unspecified atom stereocenters. The fraction of sp³-hybridized carbons (Fsp3) is 0.588. The quantitative estimate of drug-likeness (QED) is 0.646. The van der Waals surface area contributed by atoms with Gasteiger partial charge in [0.15, 0.2) is 5.96 Å². The molecule has 0 bridgehead atoms. The number of anilines is 1. The van der Waals surface area contributed by atoms with E-state index in [1.165, 1.54) is 31.4 Å². The zero-order valence-electron chi connectivity index (χ0n) is 13.5. The van der Waals surface area contributed by atoms with Crippen molar-refractivity contribution < 1.29 is 0 Å². The summed E-state index contributed by atoms with van der Waals surface area (Å²) in [7, 11) is 3.98. The fourth-order valence-corrected chi connectivity index (χ4v) is 2.76. The van der Waals surface area contributed by atoms with Gasteiger partial charge in [0.25, 0.3) is 0 Å². The van der Waals surface area contributed by atoms with Crippen molar-refractivity contribution in [2.45, 2.75) is 44.7 Å². The van der Waals surface area contributed by atoms with E-state index < -0.39 is 0 Å². The number of rotatable bonds is 5. The highest BCUT2D eigenvalue weighted by Crippen LogP contribution is 2.17. The van der Waals surface area contributed by atoms with Crippen LogP contribution in [0.25, 0.3) is 0 Å². The number of nitrogens with zero attached hydrogens (tertiary/aromatic N) is 2. The maximum absolute atomic E-state index is 4.33. The van der Waals surface area contributed by atoms with E-state index in [0.717, 1.165) is 12.5 Å². The van der Waals surface area contributed by atoms with E-state index >= 15 is 0 Å². The van der Waals surface area contributed by atoms with Crippen molar-refractivity contribution in [2.75, 3.05) is 25.5 Å². The second-order valence-corrected chi connectivity index (χ2v) is 5.87. The van der Waals surface area contributed by atoms with Crippen molar-refractivity contribution in [1.82, 2.24) is 10.6 Å². The highest BCUT2D eigenvalue weighted by atomic mass is 15.2. The van der Waals surface area contributed by atoms with E-state index in [4.69, 9.17) is 0 Å². The Morgan fingerprint density at radius 1 is 1.29 bits per heavy atom. The van der Waals surface area contributed by atoms with Crippen molar-refractivity contribution in [3.63, 3.8) is 0 Å². The second-order valence-electron chi connectivity index (χ2n) is 5.87. The molecule has 2 rings (SSSR count). The molecule has 0 radical (unpaired) electrons. The zero-order chi connectivity index (χ0) is 15.1. The third kappa shape index (κ3) is 4.66. The van der Waals surface area contributed by atoms with Crippen molar-refractivity contribution in [2.24, 2.45) is 4.99 Å². The minimum Gasteiger partial charge on any atom is -0.370 e. The van der Waals surface area contributed by atoms with Crippen LogP contribution in [0.15, 0.2) is 35.3 Å². The molecule has 0 saturated heterocycles. The average molecular weight is 288 g/mol. The van der Waals surface area contributed by atoms with E-state index in [1.54, 1.807) is 0 Å². The van der Waals surface area contributed by atoms with Crippen molar-refractivity contribution in [3.05, 3.63) is 30.3 Å². The minimum absolute atomic E-state index is 0.398. The van der Waals surface area contributed by atoms with Gasteiger partial charge in [0.05, 0.1) is 0 Å². The number of hydrogen-bond donors (Lipinski definition) is 2. The first-order valence-electron chi connectivity index (χ1n) is 7.95. The predicted octanol–water partition coefficient (Wildman–Crippen LogP) is 2.62. The summed E-state index contributed by atoms with van der Waals surface area (Å²) in [5.41, 5.74) is 1.24. The lowest BCUT2D eigenvalue weighted by atomic mass is 10.2. The Balaban J connectivity index is 1.80. The van der Waals surface area contributed by atoms with Gasteiger partial charge in [0, 0.05) is 38.4 Å². The van der Waals surface area contributed by atoms with Gasteiger partial charge in [-0.05, 0) is 31.9 Å². The van der Waals surface area contributed by atoms with Gasteiger partial charge in [-0.1, -0.05) is 31.0 Å². The molecule has 1 saturated carbocycles. The van der Waals surface area contributed by atoms with Crippen molar-refractivity contribution >= 4 is 11.6 Å². The lowest BCUT2D eigenvalue weighted by Crippen LogP contribution is -2.47. The Kier molecular flexibility index (Phi) is 5.90.